The average Bonchev–Trinajstić information content (AvgIpc) is 3.06. The summed E-state index contributed by atoms with van der Waals surface area (Å²) >= 11 is 19.4. The maximum Gasteiger partial charge on any atom is 0.270 e. The number of nitrogens with one attached hydrogen (secondary N) is 1. The van der Waals surface area contributed by atoms with E-state index in [-0.39, 0.29) is 10.7 Å². The van der Waals surface area contributed by atoms with Gasteiger partial charge >= 0.3 is 0 Å². The molecular weight excluding hydrogens is 588 g/mol. The monoisotopic (exact) mass is 596 g/mol. The summed E-state index contributed by atoms with van der Waals surface area (Å²) in [7, 11) is 0. The van der Waals surface area contributed by atoms with Crippen molar-refractivity contribution in [3.05, 3.63) is 79.9 Å². The number of carbonyl (C=O) groups excluding carboxylic acids is 2. The van der Waals surface area contributed by atoms with Gasteiger partial charge < -0.3 is 4.42 Å². The predicted molar refractivity (Wildman–Crippen MR) is 132 cm³/mol. The molecule has 2 amide bonds. The molecule has 156 valence electrons. The van der Waals surface area contributed by atoms with Crippen molar-refractivity contribution in [2.45, 2.75) is 9.99 Å². The van der Waals surface area contributed by atoms with E-state index >= 15 is 0 Å². The number of anilines is 1. The molecule has 1 fully saturated rings. The minimum Gasteiger partial charge on any atom is -0.449 e. The molecule has 1 aromatic heterocycles. The van der Waals surface area contributed by atoms with Crippen molar-refractivity contribution < 1.29 is 14.0 Å². The Morgan fingerprint density at radius 1 is 1.10 bits per heavy atom. The van der Waals surface area contributed by atoms with Crippen LogP contribution in [-0.4, -0.2) is 16.9 Å². The summed E-state index contributed by atoms with van der Waals surface area (Å²) < 4.78 is 7.33. The first-order valence-electron chi connectivity index (χ1n) is 8.71. The fourth-order valence-electron chi connectivity index (χ4n) is 2.77. The van der Waals surface area contributed by atoms with Gasteiger partial charge in [-0.15, -0.1) is 0 Å². The number of furan rings is 1. The van der Waals surface area contributed by atoms with Gasteiger partial charge in [-0.1, -0.05) is 45.4 Å². The first kappa shape index (κ1) is 22.3. The molecule has 10 heteroatoms. The fraction of sp³-hybridized carbons (Fsp3) is 0. The molecule has 0 unspecified atom stereocenters. The van der Waals surface area contributed by atoms with Crippen molar-refractivity contribution in [1.29, 1.82) is 0 Å². The second-order valence-corrected chi connectivity index (χ2v) is 9.92. The highest BCUT2D eigenvalue weighted by Crippen LogP contribution is 2.37. The van der Waals surface area contributed by atoms with Crippen LogP contribution >= 0.6 is 67.4 Å². The lowest BCUT2D eigenvalue weighted by Gasteiger charge is -2.28. The van der Waals surface area contributed by atoms with Crippen LogP contribution in [0.15, 0.2) is 83.5 Å². The molecular formula is C21H11Br2ClN2O3S2. The highest BCUT2D eigenvalue weighted by molar-refractivity contribution is 9.10. The van der Waals surface area contributed by atoms with Crippen molar-refractivity contribution >= 4 is 96.1 Å². The van der Waals surface area contributed by atoms with E-state index in [0.717, 1.165) is 9.37 Å². The summed E-state index contributed by atoms with van der Waals surface area (Å²) in [6.45, 7) is 0. The molecule has 0 radical (unpaired) electrons. The molecule has 31 heavy (non-hydrogen) atoms. The van der Waals surface area contributed by atoms with Crippen molar-refractivity contribution in [3.63, 3.8) is 0 Å². The number of thiocarbonyl (C=S) groups is 1. The lowest BCUT2D eigenvalue weighted by Crippen LogP contribution is -2.54. The molecule has 0 spiro atoms. The Kier molecular flexibility index (Phi) is 6.68. The highest BCUT2D eigenvalue weighted by atomic mass is 79.9. The zero-order chi connectivity index (χ0) is 22.1. The van der Waals surface area contributed by atoms with Crippen molar-refractivity contribution in [2.24, 2.45) is 0 Å². The van der Waals surface area contributed by atoms with Crippen LogP contribution in [0.2, 0.25) is 5.02 Å². The predicted octanol–water partition coefficient (Wildman–Crippen LogP) is 6.44. The molecule has 0 bridgehead atoms. The van der Waals surface area contributed by atoms with Gasteiger partial charge in [0.05, 0.1) is 10.2 Å². The van der Waals surface area contributed by atoms with Gasteiger partial charge in [-0.2, -0.15) is 0 Å². The third kappa shape index (κ3) is 4.96. The van der Waals surface area contributed by atoms with Crippen LogP contribution in [0, 0.1) is 0 Å². The van der Waals surface area contributed by atoms with Gasteiger partial charge in [-0.3, -0.25) is 19.8 Å². The molecule has 3 aromatic rings. The van der Waals surface area contributed by atoms with Crippen molar-refractivity contribution in [3.8, 4) is 0 Å². The van der Waals surface area contributed by atoms with E-state index in [1.807, 2.05) is 18.2 Å². The Labute approximate surface area is 209 Å². The van der Waals surface area contributed by atoms with Gasteiger partial charge in [0.25, 0.3) is 11.8 Å². The van der Waals surface area contributed by atoms with Gasteiger partial charge in [-0.25, -0.2) is 0 Å². The number of hydrogen-bond donors (Lipinski definition) is 1. The van der Waals surface area contributed by atoms with E-state index in [4.69, 9.17) is 28.2 Å². The maximum atomic E-state index is 13.1. The second kappa shape index (κ2) is 9.30. The van der Waals surface area contributed by atoms with Crippen LogP contribution < -0.4 is 10.2 Å². The number of halogens is 3. The Bertz CT molecular complexity index is 1240. The molecule has 1 aliphatic heterocycles. The number of carbonyl (C=O) groups is 2. The molecule has 1 N–H and O–H groups in total. The summed E-state index contributed by atoms with van der Waals surface area (Å²) in [5.41, 5.74) is 0.452. The molecule has 0 aliphatic carbocycles. The molecule has 4 rings (SSSR count). The quantitative estimate of drug-likeness (QED) is 0.213. The Hall–Kier alpha value is -1.91. The average molecular weight is 599 g/mol. The first-order chi connectivity index (χ1) is 14.8. The van der Waals surface area contributed by atoms with E-state index in [0.29, 0.717) is 26.0 Å². The van der Waals surface area contributed by atoms with Gasteiger partial charge in [0.1, 0.15) is 11.3 Å². The summed E-state index contributed by atoms with van der Waals surface area (Å²) in [5, 5.41) is 3.80. The number of amides is 2. The smallest absolute Gasteiger partial charge is 0.270 e. The van der Waals surface area contributed by atoms with E-state index < -0.39 is 11.8 Å². The molecule has 1 saturated heterocycles. The summed E-state index contributed by atoms with van der Waals surface area (Å²) in [6, 6.07) is 16.1. The number of hydrogen-bond acceptors (Lipinski definition) is 5. The summed E-state index contributed by atoms with van der Waals surface area (Å²) in [5.74, 6) is -0.768. The Morgan fingerprint density at radius 2 is 1.84 bits per heavy atom. The van der Waals surface area contributed by atoms with Crippen molar-refractivity contribution in [2.75, 3.05) is 4.90 Å². The van der Waals surface area contributed by atoms with Gasteiger partial charge in [-0.05, 0) is 82.8 Å². The standard InChI is InChI=1S/C21H11Br2ClN2O3S2/c22-11-2-1-3-13(8-11)26-19(28)16(18(27)25-21(26)30)9-14-10-17(23)20(29-14)31-15-6-4-12(24)5-7-15/h1-10H,(H,25,27,30)/b16-9+. The minimum atomic E-state index is -0.583. The topological polar surface area (TPSA) is 62.6 Å². The van der Waals surface area contributed by atoms with E-state index in [9.17, 15) is 9.59 Å². The molecule has 0 saturated carbocycles. The third-order valence-corrected chi connectivity index (χ3v) is 7.03. The summed E-state index contributed by atoms with van der Waals surface area (Å²) in [6.07, 6.45) is 1.40. The van der Waals surface area contributed by atoms with Crippen LogP contribution in [0.3, 0.4) is 0 Å². The fourth-order valence-corrected chi connectivity index (χ4v) is 4.89. The van der Waals surface area contributed by atoms with Gasteiger partial charge in [0.15, 0.2) is 10.2 Å². The van der Waals surface area contributed by atoms with E-state index in [2.05, 4.69) is 37.2 Å². The van der Waals surface area contributed by atoms with E-state index in [1.165, 1.54) is 22.7 Å². The molecule has 5 nitrogen and oxygen atoms in total. The lowest BCUT2D eigenvalue weighted by molar-refractivity contribution is -0.122. The number of benzene rings is 2. The zero-order valence-corrected chi connectivity index (χ0v) is 21.0. The first-order valence-corrected chi connectivity index (χ1v) is 11.9. The maximum absolute atomic E-state index is 13.1. The van der Waals surface area contributed by atoms with Gasteiger partial charge in [0, 0.05) is 14.4 Å². The van der Waals surface area contributed by atoms with E-state index in [1.54, 1.807) is 36.4 Å². The normalized spacial score (nSPS) is 15.5. The van der Waals surface area contributed by atoms with Crippen LogP contribution in [0.25, 0.3) is 6.08 Å². The van der Waals surface area contributed by atoms with Crippen LogP contribution in [0.5, 0.6) is 0 Å². The van der Waals surface area contributed by atoms with Crippen molar-refractivity contribution in [1.82, 2.24) is 5.32 Å². The minimum absolute atomic E-state index is 0.0184. The lowest BCUT2D eigenvalue weighted by atomic mass is 10.1. The Balaban J connectivity index is 1.64. The molecule has 2 aromatic carbocycles. The van der Waals surface area contributed by atoms with Crippen LogP contribution in [-0.2, 0) is 9.59 Å². The number of rotatable bonds is 4. The summed E-state index contributed by atoms with van der Waals surface area (Å²) in [4.78, 5) is 27.8. The second-order valence-electron chi connectivity index (χ2n) is 6.28. The highest BCUT2D eigenvalue weighted by Gasteiger charge is 2.35. The van der Waals surface area contributed by atoms with Gasteiger partial charge in [0.2, 0.25) is 0 Å². The van der Waals surface area contributed by atoms with Crippen LogP contribution in [0.1, 0.15) is 5.76 Å². The van der Waals surface area contributed by atoms with Crippen LogP contribution in [0.4, 0.5) is 5.69 Å². The largest absolute Gasteiger partial charge is 0.449 e. The molecule has 2 heterocycles. The Morgan fingerprint density at radius 3 is 2.55 bits per heavy atom. The molecule has 1 aliphatic rings. The number of nitrogens with zero attached hydrogens (tertiary/aromatic N) is 1. The zero-order valence-electron chi connectivity index (χ0n) is 15.4. The SMILES string of the molecule is O=C1NC(=S)N(c2cccc(Br)c2)C(=O)/C1=C/c1cc(Br)c(Sc2ccc(Cl)cc2)o1. The molecule has 0 atom stereocenters. The third-order valence-electron chi connectivity index (χ3n) is 4.15.